The summed E-state index contributed by atoms with van der Waals surface area (Å²) in [7, 11) is 0. The van der Waals surface area contributed by atoms with Crippen molar-refractivity contribution in [3.05, 3.63) is 17.8 Å². The molecule has 4 nitrogen and oxygen atoms in total. The highest BCUT2D eigenvalue weighted by Gasteiger charge is 2.29. The van der Waals surface area contributed by atoms with Gasteiger partial charge in [-0.05, 0) is 26.8 Å². The lowest BCUT2D eigenvalue weighted by molar-refractivity contribution is 0.115. The molecule has 3 atom stereocenters. The molecule has 2 heterocycles. The summed E-state index contributed by atoms with van der Waals surface area (Å²) in [4.78, 5) is 4.33. The lowest BCUT2D eigenvalue weighted by atomic mass is 10.0. The molecular formula is C12H20N2O2. The van der Waals surface area contributed by atoms with Gasteiger partial charge >= 0.3 is 0 Å². The van der Waals surface area contributed by atoms with Crippen molar-refractivity contribution in [1.29, 1.82) is 0 Å². The van der Waals surface area contributed by atoms with Gasteiger partial charge in [-0.15, -0.1) is 0 Å². The average molecular weight is 224 g/mol. The molecule has 2 rings (SSSR count). The zero-order valence-electron chi connectivity index (χ0n) is 10.2. The highest BCUT2D eigenvalue weighted by molar-refractivity contribution is 5.07. The Hall–Kier alpha value is -0.870. The summed E-state index contributed by atoms with van der Waals surface area (Å²) in [5.74, 6) is 2.11. The van der Waals surface area contributed by atoms with Crippen LogP contribution < -0.4 is 5.32 Å². The highest BCUT2D eigenvalue weighted by Crippen LogP contribution is 2.32. The summed E-state index contributed by atoms with van der Waals surface area (Å²) in [6.07, 6.45) is 3.12. The van der Waals surface area contributed by atoms with Crippen molar-refractivity contribution < 1.29 is 9.15 Å². The largest absolute Gasteiger partial charge is 0.444 e. The van der Waals surface area contributed by atoms with Crippen LogP contribution in [0.15, 0.2) is 10.6 Å². The molecule has 0 saturated carbocycles. The van der Waals surface area contributed by atoms with Gasteiger partial charge in [0, 0.05) is 12.5 Å². The molecule has 0 spiro atoms. The Morgan fingerprint density at radius 1 is 1.62 bits per heavy atom. The molecule has 0 amide bonds. The summed E-state index contributed by atoms with van der Waals surface area (Å²) in [6, 6.07) is 0.177. The third kappa shape index (κ3) is 2.28. The smallest absolute Gasteiger partial charge is 0.211 e. The fourth-order valence-electron chi connectivity index (χ4n) is 2.17. The average Bonchev–Trinajstić information content (AvgIpc) is 2.86. The molecule has 1 aliphatic rings. The van der Waals surface area contributed by atoms with Crippen LogP contribution in [0, 0.1) is 0 Å². The summed E-state index contributed by atoms with van der Waals surface area (Å²) in [5.41, 5.74) is 0. The van der Waals surface area contributed by atoms with E-state index in [1.807, 2.05) is 6.20 Å². The molecular weight excluding hydrogens is 204 g/mol. The van der Waals surface area contributed by atoms with E-state index in [1.54, 1.807) is 0 Å². The maximum absolute atomic E-state index is 5.80. The van der Waals surface area contributed by atoms with Gasteiger partial charge in [0.25, 0.3) is 0 Å². The van der Waals surface area contributed by atoms with Crippen LogP contribution in [0.1, 0.15) is 50.8 Å². The lowest BCUT2D eigenvalue weighted by Crippen LogP contribution is -2.17. The van der Waals surface area contributed by atoms with E-state index < -0.39 is 0 Å². The topological polar surface area (TPSA) is 47.3 Å². The third-order valence-corrected chi connectivity index (χ3v) is 3.16. The van der Waals surface area contributed by atoms with Gasteiger partial charge in [-0.2, -0.15) is 0 Å². The van der Waals surface area contributed by atoms with Gasteiger partial charge in [0.05, 0.1) is 18.3 Å². The van der Waals surface area contributed by atoms with Gasteiger partial charge in [-0.1, -0.05) is 6.92 Å². The van der Waals surface area contributed by atoms with E-state index in [2.05, 4.69) is 31.1 Å². The first-order valence-corrected chi connectivity index (χ1v) is 6.03. The van der Waals surface area contributed by atoms with E-state index in [0.717, 1.165) is 31.2 Å². The SMILES string of the molecule is CCNC(C)c1ncc(C2CCOC2C)o1. The van der Waals surface area contributed by atoms with Crippen molar-refractivity contribution in [2.75, 3.05) is 13.2 Å². The fraction of sp³-hybridized carbons (Fsp3) is 0.750. The van der Waals surface area contributed by atoms with Gasteiger partial charge in [0.1, 0.15) is 5.76 Å². The van der Waals surface area contributed by atoms with Crippen LogP contribution in [0.5, 0.6) is 0 Å². The van der Waals surface area contributed by atoms with Crippen molar-refractivity contribution in [2.24, 2.45) is 0 Å². The van der Waals surface area contributed by atoms with Crippen LogP contribution in [0.25, 0.3) is 0 Å². The van der Waals surface area contributed by atoms with Crippen LogP contribution in [0.2, 0.25) is 0 Å². The molecule has 0 aromatic carbocycles. The van der Waals surface area contributed by atoms with Crippen LogP contribution in [-0.2, 0) is 4.74 Å². The molecule has 0 radical (unpaired) electrons. The molecule has 1 aromatic rings. The van der Waals surface area contributed by atoms with Crippen molar-refractivity contribution >= 4 is 0 Å². The maximum Gasteiger partial charge on any atom is 0.211 e. The Bertz CT molecular complexity index is 338. The van der Waals surface area contributed by atoms with Gasteiger partial charge < -0.3 is 14.5 Å². The fourth-order valence-corrected chi connectivity index (χ4v) is 2.17. The Labute approximate surface area is 96.4 Å². The van der Waals surface area contributed by atoms with Gasteiger partial charge in [0.2, 0.25) is 5.89 Å². The van der Waals surface area contributed by atoms with E-state index >= 15 is 0 Å². The molecule has 90 valence electrons. The van der Waals surface area contributed by atoms with Crippen molar-refractivity contribution in [3.63, 3.8) is 0 Å². The number of hydrogen-bond donors (Lipinski definition) is 1. The first kappa shape index (κ1) is 11.6. The Morgan fingerprint density at radius 2 is 2.44 bits per heavy atom. The minimum absolute atomic E-state index is 0.177. The minimum Gasteiger partial charge on any atom is -0.444 e. The van der Waals surface area contributed by atoms with E-state index in [1.165, 1.54) is 0 Å². The van der Waals surface area contributed by atoms with E-state index in [0.29, 0.717) is 5.92 Å². The van der Waals surface area contributed by atoms with Crippen LogP contribution in [-0.4, -0.2) is 24.2 Å². The number of ether oxygens (including phenoxy) is 1. The van der Waals surface area contributed by atoms with Crippen molar-refractivity contribution in [3.8, 4) is 0 Å². The first-order chi connectivity index (χ1) is 7.72. The number of rotatable bonds is 4. The summed E-state index contributed by atoms with van der Waals surface area (Å²) < 4.78 is 11.3. The molecule has 1 fully saturated rings. The van der Waals surface area contributed by atoms with Crippen LogP contribution in [0.3, 0.4) is 0 Å². The first-order valence-electron chi connectivity index (χ1n) is 6.03. The third-order valence-electron chi connectivity index (χ3n) is 3.16. The van der Waals surface area contributed by atoms with Crippen LogP contribution >= 0.6 is 0 Å². The van der Waals surface area contributed by atoms with E-state index in [-0.39, 0.29) is 12.1 Å². The number of nitrogens with zero attached hydrogens (tertiary/aromatic N) is 1. The van der Waals surface area contributed by atoms with Gasteiger partial charge in [-0.25, -0.2) is 4.98 Å². The van der Waals surface area contributed by atoms with Crippen molar-refractivity contribution in [1.82, 2.24) is 10.3 Å². The molecule has 3 unspecified atom stereocenters. The zero-order chi connectivity index (χ0) is 11.5. The molecule has 0 bridgehead atoms. The molecule has 0 aliphatic carbocycles. The molecule has 1 N–H and O–H groups in total. The van der Waals surface area contributed by atoms with E-state index in [9.17, 15) is 0 Å². The Morgan fingerprint density at radius 3 is 3.06 bits per heavy atom. The summed E-state index contributed by atoms with van der Waals surface area (Å²) >= 11 is 0. The summed E-state index contributed by atoms with van der Waals surface area (Å²) in [5, 5.41) is 3.29. The standard InChI is InChI=1S/C12H20N2O2/c1-4-13-8(2)12-14-7-11(16-12)10-5-6-15-9(10)3/h7-10,13H,4-6H2,1-3H3. The van der Waals surface area contributed by atoms with Crippen molar-refractivity contribution in [2.45, 2.75) is 45.3 Å². The van der Waals surface area contributed by atoms with Gasteiger partial charge in [0.15, 0.2) is 0 Å². The normalized spacial score (nSPS) is 27.2. The quantitative estimate of drug-likeness (QED) is 0.852. The number of aromatic nitrogens is 1. The zero-order valence-corrected chi connectivity index (χ0v) is 10.2. The lowest BCUT2D eigenvalue weighted by Gasteiger charge is -2.11. The number of nitrogens with one attached hydrogen (secondary N) is 1. The van der Waals surface area contributed by atoms with Gasteiger partial charge in [-0.3, -0.25) is 0 Å². The Kier molecular flexibility index (Phi) is 3.61. The molecule has 4 heteroatoms. The van der Waals surface area contributed by atoms with E-state index in [4.69, 9.17) is 9.15 Å². The Balaban J connectivity index is 2.06. The second-order valence-electron chi connectivity index (χ2n) is 4.35. The van der Waals surface area contributed by atoms with Crippen LogP contribution in [0.4, 0.5) is 0 Å². The monoisotopic (exact) mass is 224 g/mol. The molecule has 1 saturated heterocycles. The minimum atomic E-state index is 0.177. The predicted octanol–water partition coefficient (Wildman–Crippen LogP) is 2.24. The summed E-state index contributed by atoms with van der Waals surface area (Å²) in [6.45, 7) is 7.97. The predicted molar refractivity (Wildman–Crippen MR) is 61.4 cm³/mol. The number of oxazole rings is 1. The second kappa shape index (κ2) is 4.97. The molecule has 1 aliphatic heterocycles. The maximum atomic E-state index is 5.80. The number of hydrogen-bond acceptors (Lipinski definition) is 4. The molecule has 16 heavy (non-hydrogen) atoms. The second-order valence-corrected chi connectivity index (χ2v) is 4.35. The molecule has 1 aromatic heterocycles. The highest BCUT2D eigenvalue weighted by atomic mass is 16.5.